The standard InChI is InChI=1S/C25H19N5O4S2/c1-34-22-10-6-5-9-21(22)29-20-12-11-17(30(32)33)13-18(20)27-25(29)36-15-23(31)28-24-26-19(14-35-24)16-7-3-2-4-8-16/h2-14H,15H2,1H3,(H,26,28,31). The van der Waals surface area contributed by atoms with Crippen molar-refractivity contribution in [1.29, 1.82) is 0 Å². The van der Waals surface area contributed by atoms with Crippen LogP contribution in [0.5, 0.6) is 5.75 Å². The van der Waals surface area contributed by atoms with Crippen molar-refractivity contribution in [2.45, 2.75) is 5.16 Å². The number of aromatic nitrogens is 3. The molecule has 9 nitrogen and oxygen atoms in total. The number of rotatable bonds is 8. The predicted molar refractivity (Wildman–Crippen MR) is 141 cm³/mol. The van der Waals surface area contributed by atoms with Crippen molar-refractivity contribution in [2.24, 2.45) is 0 Å². The Morgan fingerprint density at radius 3 is 2.67 bits per heavy atom. The fraction of sp³-hybridized carbons (Fsp3) is 0.0800. The summed E-state index contributed by atoms with van der Waals surface area (Å²) in [5.41, 5.74) is 3.54. The maximum atomic E-state index is 12.7. The summed E-state index contributed by atoms with van der Waals surface area (Å²) in [5, 5.41) is 17.0. The zero-order valence-electron chi connectivity index (χ0n) is 19.0. The molecule has 1 amide bonds. The van der Waals surface area contributed by atoms with Crippen molar-refractivity contribution in [2.75, 3.05) is 18.2 Å². The van der Waals surface area contributed by atoms with Crippen molar-refractivity contribution in [3.8, 4) is 22.7 Å². The molecule has 0 radical (unpaired) electrons. The van der Waals surface area contributed by atoms with Crippen molar-refractivity contribution in [1.82, 2.24) is 14.5 Å². The number of methoxy groups -OCH3 is 1. The largest absolute Gasteiger partial charge is 0.495 e. The van der Waals surface area contributed by atoms with Crippen molar-refractivity contribution < 1.29 is 14.5 Å². The lowest BCUT2D eigenvalue weighted by atomic mass is 10.2. The quantitative estimate of drug-likeness (QED) is 0.157. The molecule has 1 N–H and O–H groups in total. The number of fused-ring (bicyclic) bond motifs is 1. The lowest BCUT2D eigenvalue weighted by Crippen LogP contribution is -2.14. The number of nitro groups is 1. The SMILES string of the molecule is COc1ccccc1-n1c(SCC(=O)Nc2nc(-c3ccccc3)cs2)nc2cc([N+](=O)[O-])ccc21. The van der Waals surface area contributed by atoms with Gasteiger partial charge in [-0.3, -0.25) is 19.5 Å². The van der Waals surface area contributed by atoms with Gasteiger partial charge in [-0.1, -0.05) is 54.2 Å². The first-order chi connectivity index (χ1) is 17.5. The fourth-order valence-electron chi connectivity index (χ4n) is 3.66. The number of non-ortho nitro benzene ring substituents is 1. The second-order valence-corrected chi connectivity index (χ2v) is 9.37. The van der Waals surface area contributed by atoms with Gasteiger partial charge < -0.3 is 10.1 Å². The summed E-state index contributed by atoms with van der Waals surface area (Å²) in [4.78, 5) is 32.7. The van der Waals surface area contributed by atoms with E-state index < -0.39 is 4.92 Å². The minimum absolute atomic E-state index is 0.0561. The third-order valence-electron chi connectivity index (χ3n) is 5.30. The van der Waals surface area contributed by atoms with Crippen LogP contribution < -0.4 is 10.1 Å². The maximum Gasteiger partial charge on any atom is 0.271 e. The average molecular weight is 518 g/mol. The zero-order chi connectivity index (χ0) is 25.1. The lowest BCUT2D eigenvalue weighted by Gasteiger charge is -2.12. The average Bonchev–Trinajstić information content (AvgIpc) is 3.51. The van der Waals surface area contributed by atoms with Crippen molar-refractivity contribution in [3.63, 3.8) is 0 Å². The van der Waals surface area contributed by atoms with Gasteiger partial charge in [-0.15, -0.1) is 11.3 Å². The van der Waals surface area contributed by atoms with E-state index in [4.69, 9.17) is 4.74 Å². The molecule has 11 heteroatoms. The van der Waals surface area contributed by atoms with Gasteiger partial charge in [0.25, 0.3) is 5.69 Å². The van der Waals surface area contributed by atoms with Gasteiger partial charge in [0.15, 0.2) is 10.3 Å². The molecule has 0 fully saturated rings. The Morgan fingerprint density at radius 1 is 1.11 bits per heavy atom. The summed E-state index contributed by atoms with van der Waals surface area (Å²) in [5.74, 6) is 0.442. The molecule has 0 aliphatic heterocycles. The molecule has 0 saturated heterocycles. The van der Waals surface area contributed by atoms with Gasteiger partial charge in [-0.2, -0.15) is 0 Å². The number of hydrogen-bond acceptors (Lipinski definition) is 8. The number of carbonyl (C=O) groups excluding carboxylic acids is 1. The second-order valence-electron chi connectivity index (χ2n) is 7.57. The highest BCUT2D eigenvalue weighted by atomic mass is 32.2. The number of para-hydroxylation sites is 2. The number of nitrogens with one attached hydrogen (secondary N) is 1. The van der Waals surface area contributed by atoms with Crippen LogP contribution in [0.1, 0.15) is 0 Å². The third-order valence-corrected chi connectivity index (χ3v) is 6.99. The number of nitro benzene ring substituents is 1. The van der Waals surface area contributed by atoms with E-state index in [0.29, 0.717) is 32.8 Å². The van der Waals surface area contributed by atoms with Gasteiger partial charge in [-0.05, 0) is 18.2 Å². The molecule has 0 aliphatic rings. The fourth-order valence-corrected chi connectivity index (χ4v) is 5.22. The molecule has 3 aromatic carbocycles. The minimum atomic E-state index is -0.459. The highest BCUT2D eigenvalue weighted by molar-refractivity contribution is 7.99. The van der Waals surface area contributed by atoms with Crippen LogP contribution in [-0.2, 0) is 4.79 Å². The Balaban J connectivity index is 1.41. The first-order valence-electron chi connectivity index (χ1n) is 10.8. The molecular formula is C25H19N5O4S2. The number of hydrogen-bond donors (Lipinski definition) is 1. The van der Waals surface area contributed by atoms with Crippen molar-refractivity contribution >= 4 is 50.9 Å². The Hall–Kier alpha value is -4.22. The minimum Gasteiger partial charge on any atom is -0.495 e. The number of thiazole rings is 1. The number of nitrogens with zero attached hydrogens (tertiary/aromatic N) is 4. The molecule has 0 saturated carbocycles. The summed E-state index contributed by atoms with van der Waals surface area (Å²) in [6.45, 7) is 0. The molecular weight excluding hydrogens is 498 g/mol. The van der Waals surface area contributed by atoms with Crippen LogP contribution in [0.15, 0.2) is 83.3 Å². The van der Waals surface area contributed by atoms with E-state index in [1.165, 1.54) is 35.2 Å². The van der Waals surface area contributed by atoms with Crippen LogP contribution in [0.4, 0.5) is 10.8 Å². The van der Waals surface area contributed by atoms with Crippen LogP contribution in [0.2, 0.25) is 0 Å². The van der Waals surface area contributed by atoms with Gasteiger partial charge in [-0.25, -0.2) is 9.97 Å². The Labute approximate surface area is 213 Å². The number of amides is 1. The van der Waals surface area contributed by atoms with Gasteiger partial charge in [0.05, 0.1) is 40.2 Å². The second kappa shape index (κ2) is 10.2. The topological polar surface area (TPSA) is 112 Å². The molecule has 0 spiro atoms. The Bertz CT molecular complexity index is 1570. The Morgan fingerprint density at radius 2 is 1.89 bits per heavy atom. The summed E-state index contributed by atoms with van der Waals surface area (Å²) in [7, 11) is 1.57. The van der Waals surface area contributed by atoms with Crippen molar-refractivity contribution in [3.05, 3.63) is 88.3 Å². The third kappa shape index (κ3) is 4.79. The summed E-state index contributed by atoms with van der Waals surface area (Å²) in [6, 6.07) is 21.6. The summed E-state index contributed by atoms with van der Waals surface area (Å²) < 4.78 is 7.37. The molecule has 5 rings (SSSR count). The van der Waals surface area contributed by atoms with Gasteiger partial charge in [0.2, 0.25) is 5.91 Å². The van der Waals surface area contributed by atoms with Crippen LogP contribution in [0.25, 0.3) is 28.0 Å². The van der Waals surface area contributed by atoms with Gasteiger partial charge in [0, 0.05) is 23.1 Å². The first-order valence-corrected chi connectivity index (χ1v) is 12.6. The smallest absolute Gasteiger partial charge is 0.271 e. The number of carbonyl (C=O) groups is 1. The van der Waals surface area contributed by atoms with E-state index in [2.05, 4.69) is 15.3 Å². The van der Waals surface area contributed by atoms with E-state index in [1.807, 2.05) is 64.5 Å². The predicted octanol–water partition coefficient (Wildman–Crippen LogP) is 5.80. The van der Waals surface area contributed by atoms with E-state index >= 15 is 0 Å². The molecule has 0 unspecified atom stereocenters. The number of thioether (sulfide) groups is 1. The van der Waals surface area contributed by atoms with E-state index in [1.54, 1.807) is 13.2 Å². The van der Waals surface area contributed by atoms with E-state index in [9.17, 15) is 14.9 Å². The van der Waals surface area contributed by atoms with Crippen LogP contribution in [0, 0.1) is 10.1 Å². The summed E-state index contributed by atoms with van der Waals surface area (Å²) in [6.07, 6.45) is 0. The molecule has 0 atom stereocenters. The van der Waals surface area contributed by atoms with E-state index in [0.717, 1.165) is 11.3 Å². The molecule has 2 heterocycles. The normalized spacial score (nSPS) is 10.9. The molecule has 5 aromatic rings. The Kier molecular flexibility index (Phi) is 6.65. The number of ether oxygens (including phenoxy) is 1. The molecule has 36 heavy (non-hydrogen) atoms. The van der Waals surface area contributed by atoms with E-state index in [-0.39, 0.29) is 17.3 Å². The highest BCUT2D eigenvalue weighted by Gasteiger charge is 2.19. The zero-order valence-corrected chi connectivity index (χ0v) is 20.6. The molecule has 2 aromatic heterocycles. The molecule has 0 aliphatic carbocycles. The number of imidazole rings is 1. The number of benzene rings is 3. The van der Waals surface area contributed by atoms with Gasteiger partial charge >= 0.3 is 0 Å². The van der Waals surface area contributed by atoms with Crippen LogP contribution in [-0.4, -0.2) is 38.2 Å². The highest BCUT2D eigenvalue weighted by Crippen LogP contribution is 2.34. The first kappa shape index (κ1) is 23.5. The molecule has 180 valence electrons. The number of anilines is 1. The summed E-state index contributed by atoms with van der Waals surface area (Å²) >= 11 is 2.58. The van der Waals surface area contributed by atoms with Crippen LogP contribution >= 0.6 is 23.1 Å². The van der Waals surface area contributed by atoms with Crippen LogP contribution in [0.3, 0.4) is 0 Å². The monoisotopic (exact) mass is 517 g/mol. The lowest BCUT2D eigenvalue weighted by molar-refractivity contribution is -0.384. The maximum absolute atomic E-state index is 12.7. The van der Waals surface area contributed by atoms with Gasteiger partial charge in [0.1, 0.15) is 5.75 Å². The molecule has 0 bridgehead atoms.